The third kappa shape index (κ3) is 9.71. The van der Waals surface area contributed by atoms with Crippen LogP contribution in [0.1, 0.15) is 36.7 Å². The van der Waals surface area contributed by atoms with E-state index in [0.717, 1.165) is 31.6 Å². The van der Waals surface area contributed by atoms with Crippen LogP contribution in [0.3, 0.4) is 0 Å². The van der Waals surface area contributed by atoms with Crippen LogP contribution in [-0.4, -0.2) is 35.3 Å². The summed E-state index contributed by atoms with van der Waals surface area (Å²) in [7, 11) is 0. The monoisotopic (exact) mass is 332 g/mol. The van der Waals surface area contributed by atoms with E-state index in [4.69, 9.17) is 9.47 Å². The standard InChI is InChI=1S/C11H10N2O.C6H14O2.C2H4/c14-8-11-3-1-2-10(6-11)7-13-5-4-12-9-13;1-4-7-6(3)8-5-2;1-2/h1-6,8-9H,7H2;6H,4-5H2,1-3H3;1-2H2. The summed E-state index contributed by atoms with van der Waals surface area (Å²) in [4.78, 5) is 14.5. The third-order valence-electron chi connectivity index (χ3n) is 2.81. The van der Waals surface area contributed by atoms with Crippen molar-refractivity contribution >= 4 is 6.29 Å². The molecule has 5 nitrogen and oxygen atoms in total. The Morgan fingerprint density at radius 1 is 1.25 bits per heavy atom. The van der Waals surface area contributed by atoms with Gasteiger partial charge in [-0.3, -0.25) is 4.79 Å². The van der Waals surface area contributed by atoms with E-state index in [1.54, 1.807) is 18.6 Å². The normalized spacial score (nSPS) is 9.50. The zero-order valence-electron chi connectivity index (χ0n) is 14.9. The van der Waals surface area contributed by atoms with Gasteiger partial charge >= 0.3 is 0 Å². The summed E-state index contributed by atoms with van der Waals surface area (Å²) in [6.07, 6.45) is 6.22. The van der Waals surface area contributed by atoms with Gasteiger partial charge in [0, 0.05) is 37.7 Å². The van der Waals surface area contributed by atoms with E-state index in [1.807, 2.05) is 49.7 Å². The van der Waals surface area contributed by atoms with Gasteiger partial charge in [-0.25, -0.2) is 4.98 Å². The molecule has 1 heterocycles. The fourth-order valence-corrected chi connectivity index (χ4v) is 1.87. The first-order valence-electron chi connectivity index (χ1n) is 7.92. The Morgan fingerprint density at radius 2 is 1.92 bits per heavy atom. The average molecular weight is 332 g/mol. The van der Waals surface area contributed by atoms with Gasteiger partial charge in [-0.15, -0.1) is 13.2 Å². The Morgan fingerprint density at radius 3 is 2.42 bits per heavy atom. The van der Waals surface area contributed by atoms with Gasteiger partial charge in [0.2, 0.25) is 0 Å². The Hall–Kier alpha value is -2.24. The molecule has 0 saturated heterocycles. The Bertz CT molecular complexity index is 535. The highest BCUT2D eigenvalue weighted by Crippen LogP contribution is 2.05. The van der Waals surface area contributed by atoms with Gasteiger partial charge in [0.05, 0.1) is 6.33 Å². The van der Waals surface area contributed by atoms with Crippen LogP contribution in [-0.2, 0) is 16.0 Å². The molecule has 0 fully saturated rings. The molecule has 24 heavy (non-hydrogen) atoms. The molecule has 0 saturated carbocycles. The summed E-state index contributed by atoms with van der Waals surface area (Å²) in [5.74, 6) is 0. The predicted octanol–water partition coefficient (Wildman–Crippen LogP) is 3.95. The second-order valence-electron chi connectivity index (χ2n) is 4.58. The zero-order valence-corrected chi connectivity index (χ0v) is 14.9. The first kappa shape index (κ1) is 21.8. The molecule has 0 bridgehead atoms. The molecule has 0 N–H and O–H groups in total. The van der Waals surface area contributed by atoms with Crippen LogP contribution in [0.5, 0.6) is 0 Å². The molecular formula is C19H28N2O3. The maximum Gasteiger partial charge on any atom is 0.154 e. The quantitative estimate of drug-likeness (QED) is 0.438. The zero-order chi connectivity index (χ0) is 18.2. The van der Waals surface area contributed by atoms with Crippen LogP contribution in [0.4, 0.5) is 0 Å². The summed E-state index contributed by atoms with van der Waals surface area (Å²) in [6.45, 7) is 14.0. The fourth-order valence-electron chi connectivity index (χ4n) is 1.87. The summed E-state index contributed by atoms with van der Waals surface area (Å²) in [6, 6.07) is 7.56. The minimum atomic E-state index is -0.0370. The highest BCUT2D eigenvalue weighted by atomic mass is 16.7. The number of hydrogen-bond donors (Lipinski definition) is 0. The maximum atomic E-state index is 10.5. The van der Waals surface area contributed by atoms with Crippen molar-refractivity contribution < 1.29 is 14.3 Å². The van der Waals surface area contributed by atoms with Crippen molar-refractivity contribution in [3.63, 3.8) is 0 Å². The third-order valence-corrected chi connectivity index (χ3v) is 2.81. The molecule has 0 atom stereocenters. The Kier molecular flexibility index (Phi) is 13.0. The van der Waals surface area contributed by atoms with Gasteiger partial charge in [-0.2, -0.15) is 0 Å². The molecular weight excluding hydrogens is 304 g/mol. The lowest BCUT2D eigenvalue weighted by atomic mass is 10.1. The average Bonchev–Trinajstić information content (AvgIpc) is 3.11. The number of carbonyl (C=O) groups is 1. The SMILES string of the molecule is C=C.CCOC(C)OCC.O=Cc1cccc(Cn2ccnc2)c1. The number of carbonyl (C=O) groups excluding carboxylic acids is 1. The van der Waals surface area contributed by atoms with Crippen LogP contribution < -0.4 is 0 Å². The first-order valence-corrected chi connectivity index (χ1v) is 7.92. The van der Waals surface area contributed by atoms with Gasteiger partial charge < -0.3 is 14.0 Å². The van der Waals surface area contributed by atoms with Crippen LogP contribution in [0.2, 0.25) is 0 Å². The van der Waals surface area contributed by atoms with Crippen LogP contribution >= 0.6 is 0 Å². The lowest BCUT2D eigenvalue weighted by Crippen LogP contribution is -2.11. The minimum Gasteiger partial charge on any atom is -0.353 e. The van der Waals surface area contributed by atoms with Crippen molar-refractivity contribution in [3.05, 3.63) is 67.3 Å². The molecule has 0 aliphatic rings. The minimum absolute atomic E-state index is 0.0370. The molecule has 0 aliphatic carbocycles. The van der Waals surface area contributed by atoms with Crippen molar-refractivity contribution in [1.82, 2.24) is 9.55 Å². The summed E-state index contributed by atoms with van der Waals surface area (Å²) < 4.78 is 12.1. The van der Waals surface area contributed by atoms with Crippen molar-refractivity contribution in [1.29, 1.82) is 0 Å². The molecule has 5 heteroatoms. The van der Waals surface area contributed by atoms with Gasteiger partial charge in [-0.1, -0.05) is 18.2 Å². The second kappa shape index (κ2) is 14.4. The van der Waals surface area contributed by atoms with E-state index in [9.17, 15) is 4.79 Å². The number of benzene rings is 1. The smallest absolute Gasteiger partial charge is 0.154 e. The van der Waals surface area contributed by atoms with E-state index in [1.165, 1.54) is 0 Å². The second-order valence-corrected chi connectivity index (χ2v) is 4.58. The van der Waals surface area contributed by atoms with Crippen molar-refractivity contribution in [2.75, 3.05) is 13.2 Å². The van der Waals surface area contributed by atoms with Gasteiger partial charge in [0.25, 0.3) is 0 Å². The number of nitrogens with zero attached hydrogens (tertiary/aromatic N) is 2. The first-order chi connectivity index (χ1) is 11.7. The molecule has 132 valence electrons. The predicted molar refractivity (Wildman–Crippen MR) is 97.1 cm³/mol. The van der Waals surface area contributed by atoms with E-state index >= 15 is 0 Å². The number of aldehydes is 1. The largest absolute Gasteiger partial charge is 0.353 e. The lowest BCUT2D eigenvalue weighted by molar-refractivity contribution is -0.123. The molecule has 1 aromatic carbocycles. The summed E-state index contributed by atoms with van der Waals surface area (Å²) in [5.41, 5.74) is 1.82. The fraction of sp³-hybridized carbons (Fsp3) is 0.368. The van der Waals surface area contributed by atoms with Crippen LogP contribution in [0.15, 0.2) is 56.1 Å². The number of imidazole rings is 1. The highest BCUT2D eigenvalue weighted by molar-refractivity contribution is 5.74. The molecule has 2 aromatic rings. The Labute approximate surface area is 144 Å². The molecule has 0 unspecified atom stereocenters. The maximum absolute atomic E-state index is 10.5. The molecule has 0 radical (unpaired) electrons. The van der Waals surface area contributed by atoms with E-state index in [-0.39, 0.29) is 6.29 Å². The molecule has 0 amide bonds. The van der Waals surface area contributed by atoms with Gasteiger partial charge in [0.1, 0.15) is 6.29 Å². The van der Waals surface area contributed by atoms with Crippen molar-refractivity contribution in [2.45, 2.75) is 33.6 Å². The van der Waals surface area contributed by atoms with Crippen molar-refractivity contribution in [2.24, 2.45) is 0 Å². The van der Waals surface area contributed by atoms with Crippen molar-refractivity contribution in [3.8, 4) is 0 Å². The summed E-state index contributed by atoms with van der Waals surface area (Å²) in [5, 5.41) is 0. The topological polar surface area (TPSA) is 53.4 Å². The molecule has 2 rings (SSSR count). The van der Waals surface area contributed by atoms with Gasteiger partial charge in [0.15, 0.2) is 6.29 Å². The number of aromatic nitrogens is 2. The van der Waals surface area contributed by atoms with E-state index < -0.39 is 0 Å². The molecule has 1 aromatic heterocycles. The Balaban J connectivity index is 0.000000456. The number of hydrogen-bond acceptors (Lipinski definition) is 4. The van der Waals surface area contributed by atoms with Gasteiger partial charge in [-0.05, 0) is 32.4 Å². The lowest BCUT2D eigenvalue weighted by Gasteiger charge is -2.09. The van der Waals surface area contributed by atoms with E-state index in [0.29, 0.717) is 5.56 Å². The summed E-state index contributed by atoms with van der Waals surface area (Å²) >= 11 is 0. The van der Waals surface area contributed by atoms with Crippen LogP contribution in [0, 0.1) is 0 Å². The molecule has 0 aliphatic heterocycles. The molecule has 0 spiro atoms. The highest BCUT2D eigenvalue weighted by Gasteiger charge is 1.96. The van der Waals surface area contributed by atoms with Crippen LogP contribution in [0.25, 0.3) is 0 Å². The number of ether oxygens (including phenoxy) is 2. The number of rotatable bonds is 7. The van der Waals surface area contributed by atoms with E-state index in [2.05, 4.69) is 18.1 Å².